The van der Waals surface area contributed by atoms with E-state index >= 15 is 0 Å². The van der Waals surface area contributed by atoms with E-state index in [1.165, 1.54) is 0 Å². The Kier molecular flexibility index (Phi) is 5.01. The molecule has 2 atom stereocenters. The summed E-state index contributed by atoms with van der Waals surface area (Å²) in [5.41, 5.74) is 2.11. The molecule has 0 aliphatic carbocycles. The van der Waals surface area contributed by atoms with E-state index in [0.29, 0.717) is 12.4 Å². The highest BCUT2D eigenvalue weighted by molar-refractivity contribution is 6.18. The minimum Gasteiger partial charge on any atom is -0.497 e. The summed E-state index contributed by atoms with van der Waals surface area (Å²) in [6.07, 6.45) is 1.08. The summed E-state index contributed by atoms with van der Waals surface area (Å²) in [5.74, 6) is 1.64. The van der Waals surface area contributed by atoms with E-state index in [9.17, 15) is 9.59 Å². The van der Waals surface area contributed by atoms with Gasteiger partial charge in [0, 0.05) is 12.8 Å². The predicted molar refractivity (Wildman–Crippen MR) is 117 cm³/mol. The first-order chi connectivity index (χ1) is 15.6. The standard InChI is InChI=1S/C23H23N5O4/c1-31-16-7-3-14(4-8-16)18-13-19(15-5-9-17(32-2)10-6-15)28-22(24-18)25-23(26-28)27-20(29)11-12-21(27)30/h3-10,18-19H,11-13H2,1-2H3,(H,24,25,26)/t18-,19-/m1/s1. The predicted octanol–water partition coefficient (Wildman–Crippen LogP) is 3.10. The van der Waals surface area contributed by atoms with Crippen molar-refractivity contribution in [3.63, 3.8) is 0 Å². The second kappa shape index (κ2) is 7.99. The quantitative estimate of drug-likeness (QED) is 0.618. The fourth-order valence-electron chi connectivity index (χ4n) is 4.22. The first kappa shape index (κ1) is 20.0. The van der Waals surface area contributed by atoms with E-state index in [-0.39, 0.29) is 42.7 Å². The Bertz CT molecular complexity index is 1140. The smallest absolute Gasteiger partial charge is 0.260 e. The molecule has 1 aromatic heterocycles. The summed E-state index contributed by atoms with van der Waals surface area (Å²) in [6, 6.07) is 15.5. The summed E-state index contributed by atoms with van der Waals surface area (Å²) < 4.78 is 12.3. The van der Waals surface area contributed by atoms with E-state index in [1.807, 2.05) is 48.5 Å². The van der Waals surface area contributed by atoms with Crippen LogP contribution in [-0.2, 0) is 9.59 Å². The topological polar surface area (TPSA) is 98.6 Å². The lowest BCUT2D eigenvalue weighted by molar-refractivity contribution is -0.121. The van der Waals surface area contributed by atoms with Gasteiger partial charge in [-0.3, -0.25) is 9.59 Å². The zero-order valence-electron chi connectivity index (χ0n) is 17.8. The number of hydrogen-bond donors (Lipinski definition) is 1. The molecule has 0 bridgehead atoms. The van der Waals surface area contributed by atoms with Crippen LogP contribution in [0.2, 0.25) is 0 Å². The number of anilines is 2. The summed E-state index contributed by atoms with van der Waals surface area (Å²) in [6.45, 7) is 0. The van der Waals surface area contributed by atoms with Crippen molar-refractivity contribution in [1.29, 1.82) is 0 Å². The number of amides is 2. The van der Waals surface area contributed by atoms with Gasteiger partial charge in [0.1, 0.15) is 11.5 Å². The number of ether oxygens (including phenoxy) is 2. The molecular weight excluding hydrogens is 410 g/mol. The highest BCUT2D eigenvalue weighted by Crippen LogP contribution is 2.39. The van der Waals surface area contributed by atoms with Crippen molar-refractivity contribution in [2.75, 3.05) is 24.4 Å². The molecule has 0 unspecified atom stereocenters. The number of carbonyl (C=O) groups is 2. The minimum absolute atomic E-state index is 0.0393. The molecule has 9 nitrogen and oxygen atoms in total. The van der Waals surface area contributed by atoms with Crippen LogP contribution in [0.3, 0.4) is 0 Å². The van der Waals surface area contributed by atoms with Crippen molar-refractivity contribution in [2.45, 2.75) is 31.3 Å². The number of nitrogens with one attached hydrogen (secondary N) is 1. The summed E-state index contributed by atoms with van der Waals surface area (Å²) in [4.78, 5) is 30.1. The number of aromatic nitrogens is 3. The van der Waals surface area contributed by atoms with Gasteiger partial charge in [-0.25, -0.2) is 9.58 Å². The monoisotopic (exact) mass is 433 g/mol. The number of methoxy groups -OCH3 is 2. The summed E-state index contributed by atoms with van der Waals surface area (Å²) in [5, 5.41) is 7.99. The maximum absolute atomic E-state index is 12.2. The molecule has 2 aromatic carbocycles. The summed E-state index contributed by atoms with van der Waals surface area (Å²) >= 11 is 0. The van der Waals surface area contributed by atoms with Crippen LogP contribution in [0.25, 0.3) is 0 Å². The third-order valence-corrected chi connectivity index (χ3v) is 5.95. The Balaban J connectivity index is 1.55. The molecule has 3 aromatic rings. The van der Waals surface area contributed by atoms with Gasteiger partial charge >= 0.3 is 0 Å². The number of hydrogen-bond acceptors (Lipinski definition) is 7. The average Bonchev–Trinajstić information content (AvgIpc) is 3.40. The van der Waals surface area contributed by atoms with Crippen molar-refractivity contribution in [3.8, 4) is 11.5 Å². The van der Waals surface area contributed by atoms with E-state index in [1.54, 1.807) is 18.9 Å². The van der Waals surface area contributed by atoms with Gasteiger partial charge in [-0.1, -0.05) is 24.3 Å². The van der Waals surface area contributed by atoms with Gasteiger partial charge in [-0.05, 0) is 41.8 Å². The molecule has 9 heteroatoms. The highest BCUT2D eigenvalue weighted by atomic mass is 16.5. The molecule has 2 aliphatic rings. The van der Waals surface area contributed by atoms with E-state index < -0.39 is 0 Å². The van der Waals surface area contributed by atoms with Gasteiger partial charge in [-0.2, -0.15) is 4.98 Å². The van der Waals surface area contributed by atoms with Crippen LogP contribution in [0.5, 0.6) is 11.5 Å². The Morgan fingerprint density at radius 2 is 1.44 bits per heavy atom. The van der Waals surface area contributed by atoms with Crippen molar-refractivity contribution in [2.24, 2.45) is 0 Å². The summed E-state index contributed by atoms with van der Waals surface area (Å²) in [7, 11) is 3.27. The molecule has 5 rings (SSSR count). The molecule has 1 fully saturated rings. The normalized spacial score (nSPS) is 20.1. The molecule has 2 amide bonds. The van der Waals surface area contributed by atoms with Crippen LogP contribution in [0.15, 0.2) is 48.5 Å². The number of benzene rings is 2. The van der Waals surface area contributed by atoms with Crippen molar-refractivity contribution in [3.05, 3.63) is 59.7 Å². The minimum atomic E-state index is -0.273. The molecule has 0 radical (unpaired) electrons. The van der Waals surface area contributed by atoms with Crippen LogP contribution < -0.4 is 19.7 Å². The zero-order chi connectivity index (χ0) is 22.2. The molecule has 164 valence electrons. The molecule has 1 saturated heterocycles. The van der Waals surface area contributed by atoms with Gasteiger partial charge in [0.05, 0.1) is 26.3 Å². The Hall–Kier alpha value is -3.88. The Labute approximate surface area is 185 Å². The SMILES string of the molecule is COc1ccc([C@H]2C[C@H](c3ccc(OC)cc3)Nc3nc(N4C(=O)CCC4=O)nn32)cc1. The van der Waals surface area contributed by atoms with Crippen molar-refractivity contribution < 1.29 is 19.1 Å². The maximum atomic E-state index is 12.2. The third kappa shape index (κ3) is 3.45. The molecular formula is C23H23N5O4. The van der Waals surface area contributed by atoms with Crippen LogP contribution in [0.4, 0.5) is 11.9 Å². The van der Waals surface area contributed by atoms with Gasteiger partial charge in [0.2, 0.25) is 17.8 Å². The maximum Gasteiger partial charge on any atom is 0.260 e. The highest BCUT2D eigenvalue weighted by Gasteiger charge is 2.37. The Morgan fingerprint density at radius 1 is 0.875 bits per heavy atom. The second-order valence-corrected chi connectivity index (χ2v) is 7.80. The molecule has 32 heavy (non-hydrogen) atoms. The molecule has 3 heterocycles. The molecule has 0 saturated carbocycles. The van der Waals surface area contributed by atoms with Gasteiger partial charge < -0.3 is 14.8 Å². The van der Waals surface area contributed by atoms with Gasteiger partial charge in [0.15, 0.2) is 0 Å². The Morgan fingerprint density at radius 3 is 2.00 bits per heavy atom. The lowest BCUT2D eigenvalue weighted by atomic mass is 9.93. The van der Waals surface area contributed by atoms with Crippen LogP contribution in [0, 0.1) is 0 Å². The first-order valence-electron chi connectivity index (χ1n) is 10.4. The number of nitrogens with zero attached hydrogens (tertiary/aromatic N) is 4. The van der Waals surface area contributed by atoms with Gasteiger partial charge in [-0.15, -0.1) is 5.10 Å². The molecule has 0 spiro atoms. The number of imide groups is 1. The van der Waals surface area contributed by atoms with E-state index in [2.05, 4.69) is 15.4 Å². The lowest BCUT2D eigenvalue weighted by Crippen LogP contribution is -2.30. The lowest BCUT2D eigenvalue weighted by Gasteiger charge is -2.31. The van der Waals surface area contributed by atoms with Crippen LogP contribution in [0.1, 0.15) is 42.5 Å². The molecule has 1 N–H and O–H groups in total. The van der Waals surface area contributed by atoms with Crippen molar-refractivity contribution >= 4 is 23.7 Å². The average molecular weight is 433 g/mol. The first-order valence-corrected chi connectivity index (χ1v) is 10.4. The number of carbonyl (C=O) groups excluding carboxylic acids is 2. The van der Waals surface area contributed by atoms with Crippen LogP contribution in [-0.4, -0.2) is 40.8 Å². The van der Waals surface area contributed by atoms with Crippen LogP contribution >= 0.6 is 0 Å². The van der Waals surface area contributed by atoms with Gasteiger partial charge in [0.25, 0.3) is 5.95 Å². The fraction of sp³-hybridized carbons (Fsp3) is 0.304. The molecule has 2 aliphatic heterocycles. The number of rotatable bonds is 5. The van der Waals surface area contributed by atoms with E-state index in [0.717, 1.165) is 27.5 Å². The van der Waals surface area contributed by atoms with Crippen molar-refractivity contribution in [1.82, 2.24) is 14.8 Å². The third-order valence-electron chi connectivity index (χ3n) is 5.95. The largest absolute Gasteiger partial charge is 0.497 e. The number of fused-ring (bicyclic) bond motifs is 1. The van der Waals surface area contributed by atoms with E-state index in [4.69, 9.17) is 9.47 Å². The fourth-order valence-corrected chi connectivity index (χ4v) is 4.22. The second-order valence-electron chi connectivity index (χ2n) is 7.80. The zero-order valence-corrected chi connectivity index (χ0v) is 17.8.